The van der Waals surface area contributed by atoms with Crippen LogP contribution < -0.4 is 10.8 Å². The highest BCUT2D eigenvalue weighted by Crippen LogP contribution is 2.29. The van der Waals surface area contributed by atoms with Crippen LogP contribution in [-0.2, 0) is 16.0 Å². The average Bonchev–Trinajstić information content (AvgIpc) is 3.05. The normalized spacial score (nSPS) is 17.2. The molecule has 1 aromatic heterocycles. The van der Waals surface area contributed by atoms with Gasteiger partial charge in [-0.15, -0.1) is 23.1 Å². The number of anilines is 1. The zero-order valence-corrected chi connectivity index (χ0v) is 13.9. The predicted octanol–water partition coefficient (Wildman–Crippen LogP) is 2.13. The van der Waals surface area contributed by atoms with E-state index in [1.165, 1.54) is 16.8 Å². The monoisotopic (exact) mass is 393 g/mol. The molecule has 0 bridgehead atoms. The van der Waals surface area contributed by atoms with Gasteiger partial charge in [-0.2, -0.15) is 0 Å². The summed E-state index contributed by atoms with van der Waals surface area (Å²) in [5.74, 6) is 0.368. The number of nitrogens with one attached hydrogen (secondary N) is 2. The maximum atomic E-state index is 11.6. The van der Waals surface area contributed by atoms with Gasteiger partial charge >= 0.3 is 6.09 Å². The number of carbonyl (C=O) groups excluding carboxylic acids is 2. The molecule has 0 saturated carbocycles. The average molecular weight is 394 g/mol. The summed E-state index contributed by atoms with van der Waals surface area (Å²) >= 11 is 6.27. The van der Waals surface area contributed by atoms with Gasteiger partial charge in [-0.05, 0) is 0 Å². The number of aromatic nitrogens is 1. The molecule has 0 aliphatic carbocycles. The number of carbonyl (C=O) groups is 2. The fourth-order valence-corrected chi connectivity index (χ4v) is 3.94. The number of hydrogen-bond donors (Lipinski definition) is 3. The number of halogens is 1. The minimum atomic E-state index is -0.595. The van der Waals surface area contributed by atoms with Crippen LogP contribution in [0.1, 0.15) is 5.69 Å². The van der Waals surface area contributed by atoms with Crippen molar-refractivity contribution in [2.75, 3.05) is 17.7 Å². The zero-order chi connectivity index (χ0) is 15.2. The molecule has 0 spiro atoms. The van der Waals surface area contributed by atoms with Crippen molar-refractivity contribution in [3.63, 3.8) is 0 Å². The summed E-state index contributed by atoms with van der Waals surface area (Å²) in [6.45, 7) is 0.226. The van der Waals surface area contributed by atoms with Crippen molar-refractivity contribution in [2.45, 2.75) is 11.2 Å². The molecular weight excluding hydrogens is 382 g/mol. The quantitative estimate of drug-likeness (QED) is 0.402. The third kappa shape index (κ3) is 5.30. The highest BCUT2D eigenvalue weighted by atomic mass is 79.9. The van der Waals surface area contributed by atoms with Crippen LogP contribution in [0.25, 0.3) is 0 Å². The molecule has 0 saturated heterocycles. The highest BCUT2D eigenvalue weighted by molar-refractivity contribution is 9.09. The topological polar surface area (TPSA) is 101 Å². The van der Waals surface area contributed by atoms with Crippen molar-refractivity contribution < 1.29 is 19.5 Å². The maximum absolute atomic E-state index is 11.6. The molecule has 1 aliphatic rings. The van der Waals surface area contributed by atoms with Crippen molar-refractivity contribution >= 4 is 56.2 Å². The van der Waals surface area contributed by atoms with E-state index >= 15 is 0 Å². The number of hydrogen-bond acceptors (Lipinski definition) is 7. The van der Waals surface area contributed by atoms with Crippen molar-refractivity contribution in [2.24, 2.45) is 0 Å². The second kappa shape index (κ2) is 7.78. The first-order valence-corrected chi connectivity index (χ1v) is 8.63. The fourth-order valence-electron chi connectivity index (χ4n) is 1.48. The van der Waals surface area contributed by atoms with Gasteiger partial charge in [0.25, 0.3) is 0 Å². The number of amides is 2. The molecule has 7 nitrogen and oxygen atoms in total. The van der Waals surface area contributed by atoms with Crippen LogP contribution in [0.5, 0.6) is 0 Å². The SMILES string of the molecule is O=C(Cc1csc(NC(=O)OCC2=CC(Br)CS2)n1)NO. The van der Waals surface area contributed by atoms with Gasteiger partial charge in [0, 0.05) is 20.9 Å². The second-order valence-electron chi connectivity index (χ2n) is 4.02. The summed E-state index contributed by atoms with van der Waals surface area (Å²) in [7, 11) is 0. The van der Waals surface area contributed by atoms with Gasteiger partial charge in [-0.25, -0.2) is 15.3 Å². The maximum Gasteiger partial charge on any atom is 0.413 e. The Morgan fingerprint density at radius 1 is 1.57 bits per heavy atom. The van der Waals surface area contributed by atoms with Gasteiger partial charge in [0.15, 0.2) is 5.13 Å². The first-order chi connectivity index (χ1) is 10.1. The van der Waals surface area contributed by atoms with Crippen molar-refractivity contribution in [3.8, 4) is 0 Å². The summed E-state index contributed by atoms with van der Waals surface area (Å²) in [6, 6.07) is 0. The summed E-state index contributed by atoms with van der Waals surface area (Å²) in [4.78, 5) is 27.9. The van der Waals surface area contributed by atoms with Crippen LogP contribution in [0.3, 0.4) is 0 Å². The van der Waals surface area contributed by atoms with Gasteiger partial charge in [0.2, 0.25) is 5.91 Å². The molecular formula is C11H12BrN3O4S2. The van der Waals surface area contributed by atoms with E-state index in [0.717, 1.165) is 10.7 Å². The Labute approximate surface area is 137 Å². The van der Waals surface area contributed by atoms with Gasteiger partial charge < -0.3 is 4.74 Å². The molecule has 2 heterocycles. The lowest BCUT2D eigenvalue weighted by Crippen LogP contribution is -2.21. The number of thioether (sulfide) groups is 1. The molecule has 0 aromatic carbocycles. The third-order valence-electron chi connectivity index (χ3n) is 2.37. The van der Waals surface area contributed by atoms with Crippen LogP contribution >= 0.6 is 39.0 Å². The van der Waals surface area contributed by atoms with E-state index < -0.39 is 12.0 Å². The first-order valence-electron chi connectivity index (χ1n) is 5.85. The van der Waals surface area contributed by atoms with E-state index in [-0.39, 0.29) is 13.0 Å². The summed E-state index contributed by atoms with van der Waals surface area (Å²) in [6.07, 6.45) is 1.36. The minimum absolute atomic E-state index is 0.0557. The van der Waals surface area contributed by atoms with Crippen molar-refractivity contribution in [3.05, 3.63) is 22.1 Å². The molecule has 3 N–H and O–H groups in total. The van der Waals surface area contributed by atoms with Gasteiger partial charge in [-0.3, -0.25) is 15.3 Å². The molecule has 0 fully saturated rings. The van der Waals surface area contributed by atoms with E-state index in [1.54, 1.807) is 17.1 Å². The van der Waals surface area contributed by atoms with E-state index in [1.807, 2.05) is 6.08 Å². The standard InChI is InChI=1S/C11H12BrN3O4S2/c12-6-1-8(20-4-6)3-19-11(17)14-10-13-7(5-21-10)2-9(16)15-18/h1,5-6,18H,2-4H2,(H,15,16)(H,13,14,17). The van der Waals surface area contributed by atoms with Crippen molar-refractivity contribution in [1.82, 2.24) is 10.5 Å². The molecule has 114 valence electrons. The Kier molecular flexibility index (Phi) is 6.03. The van der Waals surface area contributed by atoms with Crippen LogP contribution in [0.4, 0.5) is 9.93 Å². The Bertz CT molecular complexity index is 563. The van der Waals surface area contributed by atoms with Gasteiger partial charge in [0.1, 0.15) is 6.61 Å². The van der Waals surface area contributed by atoms with Crippen LogP contribution in [0.2, 0.25) is 0 Å². The zero-order valence-electron chi connectivity index (χ0n) is 10.7. The van der Waals surface area contributed by atoms with Crippen LogP contribution in [0.15, 0.2) is 16.4 Å². The molecule has 1 unspecified atom stereocenters. The van der Waals surface area contributed by atoms with Crippen LogP contribution in [0, 0.1) is 0 Å². The molecule has 0 radical (unpaired) electrons. The smallest absolute Gasteiger partial charge is 0.413 e. The van der Waals surface area contributed by atoms with Gasteiger partial charge in [0.05, 0.1) is 12.1 Å². The summed E-state index contributed by atoms with van der Waals surface area (Å²) < 4.78 is 5.08. The lowest BCUT2D eigenvalue weighted by molar-refractivity contribution is -0.128. The number of allylic oxidation sites excluding steroid dienone is 1. The van der Waals surface area contributed by atoms with Crippen LogP contribution in [-0.4, -0.2) is 39.4 Å². The minimum Gasteiger partial charge on any atom is -0.444 e. The Morgan fingerprint density at radius 2 is 2.38 bits per heavy atom. The van der Waals surface area contributed by atoms with E-state index in [0.29, 0.717) is 15.7 Å². The molecule has 21 heavy (non-hydrogen) atoms. The number of thiazole rings is 1. The molecule has 1 aromatic rings. The molecule has 2 amide bonds. The third-order valence-corrected chi connectivity index (χ3v) is 5.34. The Hall–Kier alpha value is -1.10. The summed E-state index contributed by atoms with van der Waals surface area (Å²) in [5, 5.41) is 12.9. The molecule has 1 aliphatic heterocycles. The lowest BCUT2D eigenvalue weighted by Gasteiger charge is -2.04. The Morgan fingerprint density at radius 3 is 3.05 bits per heavy atom. The highest BCUT2D eigenvalue weighted by Gasteiger charge is 2.15. The number of rotatable bonds is 5. The molecule has 10 heteroatoms. The largest absolute Gasteiger partial charge is 0.444 e. The second-order valence-corrected chi connectivity index (χ2v) is 7.20. The van der Waals surface area contributed by atoms with E-state index in [9.17, 15) is 9.59 Å². The number of nitrogens with zero attached hydrogens (tertiary/aromatic N) is 1. The lowest BCUT2D eigenvalue weighted by atomic mass is 10.3. The van der Waals surface area contributed by atoms with Gasteiger partial charge in [-0.1, -0.05) is 22.0 Å². The first kappa shape index (κ1) is 16.3. The van der Waals surface area contributed by atoms with Crippen molar-refractivity contribution in [1.29, 1.82) is 0 Å². The number of ether oxygens (including phenoxy) is 1. The molecule has 2 rings (SSSR count). The Balaban J connectivity index is 1.77. The summed E-state index contributed by atoms with van der Waals surface area (Å²) in [5.41, 5.74) is 1.98. The van der Waals surface area contributed by atoms with E-state index in [4.69, 9.17) is 9.94 Å². The molecule has 1 atom stereocenters. The fraction of sp³-hybridized carbons (Fsp3) is 0.364. The van der Waals surface area contributed by atoms with E-state index in [2.05, 4.69) is 26.2 Å². The number of hydroxylamine groups is 1. The number of alkyl halides is 1. The predicted molar refractivity (Wildman–Crippen MR) is 84.0 cm³/mol.